The highest BCUT2D eigenvalue weighted by atomic mass is 32.1. The Morgan fingerprint density at radius 2 is 2.07 bits per heavy atom. The molecule has 3 nitrogen and oxygen atoms in total. The van der Waals surface area contributed by atoms with E-state index in [9.17, 15) is 0 Å². The molecule has 15 heavy (non-hydrogen) atoms. The predicted molar refractivity (Wildman–Crippen MR) is 66.6 cm³/mol. The Labute approximate surface area is 96.5 Å². The molecule has 0 spiro atoms. The van der Waals surface area contributed by atoms with Crippen LogP contribution in [-0.4, -0.2) is 15.9 Å². The number of rotatable bonds is 4. The maximum absolute atomic E-state index is 4.48. The molecule has 1 heterocycles. The van der Waals surface area contributed by atoms with Crippen LogP contribution >= 0.6 is 11.5 Å². The molecular weight excluding hydrogens is 206 g/mol. The number of hydrogen-bond donors (Lipinski definition) is 1. The number of hydrogen-bond acceptors (Lipinski definition) is 4. The van der Waals surface area contributed by atoms with Crippen LogP contribution in [-0.2, 0) is 5.41 Å². The van der Waals surface area contributed by atoms with Gasteiger partial charge in [0, 0.05) is 23.5 Å². The molecule has 1 aromatic heterocycles. The second kappa shape index (κ2) is 4.92. The first kappa shape index (κ1) is 12.4. The van der Waals surface area contributed by atoms with Gasteiger partial charge >= 0.3 is 0 Å². The highest BCUT2D eigenvalue weighted by Crippen LogP contribution is 2.23. The Morgan fingerprint density at radius 1 is 1.40 bits per heavy atom. The number of nitrogens with zero attached hydrogens (tertiary/aromatic N) is 2. The van der Waals surface area contributed by atoms with Gasteiger partial charge in [0.05, 0.1) is 0 Å². The normalized spacial score (nSPS) is 13.9. The molecule has 0 saturated carbocycles. The van der Waals surface area contributed by atoms with Crippen LogP contribution in [0.5, 0.6) is 0 Å². The van der Waals surface area contributed by atoms with Crippen molar-refractivity contribution >= 4 is 16.7 Å². The van der Waals surface area contributed by atoms with Gasteiger partial charge in [-0.2, -0.15) is 4.37 Å². The van der Waals surface area contributed by atoms with Crippen molar-refractivity contribution in [2.45, 2.75) is 46.5 Å². The first-order chi connectivity index (χ1) is 6.93. The van der Waals surface area contributed by atoms with Crippen molar-refractivity contribution in [2.24, 2.45) is 5.92 Å². The number of nitrogens with one attached hydrogen (secondary N) is 1. The third-order valence-electron chi connectivity index (χ3n) is 2.40. The minimum atomic E-state index is 0.0484. The molecular formula is C11H21N3S. The van der Waals surface area contributed by atoms with Gasteiger partial charge in [-0.05, 0) is 5.92 Å². The van der Waals surface area contributed by atoms with Gasteiger partial charge in [-0.3, -0.25) is 0 Å². The van der Waals surface area contributed by atoms with Crippen LogP contribution in [0.3, 0.4) is 0 Å². The van der Waals surface area contributed by atoms with E-state index in [4.69, 9.17) is 0 Å². The maximum Gasteiger partial charge on any atom is 0.202 e. The third kappa shape index (κ3) is 3.78. The van der Waals surface area contributed by atoms with Crippen LogP contribution in [0.15, 0.2) is 0 Å². The molecule has 0 saturated heterocycles. The second-order valence-electron chi connectivity index (χ2n) is 5.07. The van der Waals surface area contributed by atoms with Crippen LogP contribution in [0.2, 0.25) is 0 Å². The second-order valence-corrected chi connectivity index (χ2v) is 5.82. The highest BCUT2D eigenvalue weighted by Gasteiger charge is 2.19. The van der Waals surface area contributed by atoms with Crippen LogP contribution in [0.25, 0.3) is 0 Å². The quantitative estimate of drug-likeness (QED) is 0.857. The van der Waals surface area contributed by atoms with Crippen molar-refractivity contribution in [3.8, 4) is 0 Å². The minimum absolute atomic E-state index is 0.0484. The lowest BCUT2D eigenvalue weighted by Gasteiger charge is -2.12. The molecule has 0 aliphatic heterocycles. The van der Waals surface area contributed by atoms with Crippen molar-refractivity contribution < 1.29 is 0 Å². The fourth-order valence-electron chi connectivity index (χ4n) is 1.01. The Hall–Kier alpha value is -0.640. The molecule has 0 radical (unpaired) electrons. The fraction of sp³-hybridized carbons (Fsp3) is 0.818. The monoisotopic (exact) mass is 227 g/mol. The lowest BCUT2D eigenvalue weighted by molar-refractivity contribution is 0.554. The Bertz CT molecular complexity index is 301. The van der Waals surface area contributed by atoms with E-state index in [1.165, 1.54) is 18.0 Å². The first-order valence-electron chi connectivity index (χ1n) is 5.51. The van der Waals surface area contributed by atoms with Gasteiger partial charge in [-0.15, -0.1) is 0 Å². The maximum atomic E-state index is 4.48. The van der Waals surface area contributed by atoms with E-state index < -0.39 is 0 Å². The van der Waals surface area contributed by atoms with Crippen molar-refractivity contribution in [1.82, 2.24) is 9.36 Å². The van der Waals surface area contributed by atoms with Crippen LogP contribution in [0, 0.1) is 5.92 Å². The topological polar surface area (TPSA) is 37.8 Å². The van der Waals surface area contributed by atoms with Crippen molar-refractivity contribution in [3.05, 3.63) is 5.82 Å². The predicted octanol–water partition coefficient (Wildman–Crippen LogP) is 3.29. The standard InChI is InChI=1S/C11H21N3S/c1-6-8(2)7-12-10-13-9(14-15-10)11(3,4)5/h8H,6-7H2,1-5H3,(H,12,13,14). The summed E-state index contributed by atoms with van der Waals surface area (Å²) in [5.74, 6) is 1.62. The van der Waals surface area contributed by atoms with E-state index in [2.05, 4.69) is 49.3 Å². The summed E-state index contributed by atoms with van der Waals surface area (Å²) >= 11 is 1.46. The Morgan fingerprint density at radius 3 is 2.53 bits per heavy atom. The van der Waals surface area contributed by atoms with Gasteiger partial charge in [0.2, 0.25) is 5.13 Å². The van der Waals surface area contributed by atoms with E-state index in [-0.39, 0.29) is 5.41 Å². The van der Waals surface area contributed by atoms with Gasteiger partial charge in [-0.25, -0.2) is 4.98 Å². The zero-order valence-corrected chi connectivity index (χ0v) is 11.1. The third-order valence-corrected chi connectivity index (χ3v) is 3.07. The van der Waals surface area contributed by atoms with E-state index in [0.29, 0.717) is 5.92 Å². The Kier molecular flexibility index (Phi) is 4.08. The van der Waals surface area contributed by atoms with Gasteiger partial charge in [-0.1, -0.05) is 41.0 Å². The average Bonchev–Trinajstić information content (AvgIpc) is 2.61. The first-order valence-corrected chi connectivity index (χ1v) is 6.29. The molecule has 86 valence electrons. The molecule has 1 N–H and O–H groups in total. The molecule has 0 bridgehead atoms. The van der Waals surface area contributed by atoms with E-state index in [1.807, 2.05) is 0 Å². The largest absolute Gasteiger partial charge is 0.360 e. The van der Waals surface area contributed by atoms with Crippen molar-refractivity contribution in [1.29, 1.82) is 0 Å². The van der Waals surface area contributed by atoms with Crippen molar-refractivity contribution in [3.63, 3.8) is 0 Å². The van der Waals surface area contributed by atoms with Gasteiger partial charge in [0.1, 0.15) is 5.82 Å². The fourth-order valence-corrected chi connectivity index (χ4v) is 1.77. The molecule has 4 heteroatoms. The summed E-state index contributed by atoms with van der Waals surface area (Å²) in [5, 5.41) is 4.28. The van der Waals surface area contributed by atoms with Crippen LogP contribution in [0.1, 0.15) is 46.9 Å². The van der Waals surface area contributed by atoms with Gasteiger partial charge < -0.3 is 5.32 Å². The summed E-state index contributed by atoms with van der Waals surface area (Å²) in [5.41, 5.74) is 0.0484. The highest BCUT2D eigenvalue weighted by molar-refractivity contribution is 7.09. The van der Waals surface area contributed by atoms with Crippen LogP contribution < -0.4 is 5.32 Å². The molecule has 1 unspecified atom stereocenters. The summed E-state index contributed by atoms with van der Waals surface area (Å²) in [6, 6.07) is 0. The molecule has 1 rings (SSSR count). The molecule has 0 aliphatic rings. The van der Waals surface area contributed by atoms with Gasteiger partial charge in [0.15, 0.2) is 0 Å². The smallest absolute Gasteiger partial charge is 0.202 e. The summed E-state index contributed by atoms with van der Waals surface area (Å²) in [7, 11) is 0. The minimum Gasteiger partial charge on any atom is -0.360 e. The Balaban J connectivity index is 2.54. The summed E-state index contributed by atoms with van der Waals surface area (Å²) < 4.78 is 4.36. The van der Waals surface area contributed by atoms with Crippen LogP contribution in [0.4, 0.5) is 5.13 Å². The molecule has 0 fully saturated rings. The molecule has 1 atom stereocenters. The summed E-state index contributed by atoms with van der Waals surface area (Å²) in [6.07, 6.45) is 1.19. The zero-order chi connectivity index (χ0) is 11.5. The molecule has 0 aliphatic carbocycles. The lowest BCUT2D eigenvalue weighted by atomic mass is 9.96. The molecule has 0 aromatic carbocycles. The average molecular weight is 227 g/mol. The summed E-state index contributed by atoms with van der Waals surface area (Å²) in [6.45, 7) is 11.8. The zero-order valence-electron chi connectivity index (χ0n) is 10.3. The van der Waals surface area contributed by atoms with E-state index in [0.717, 1.165) is 17.5 Å². The SMILES string of the molecule is CCC(C)CNc1nc(C(C)(C)C)ns1. The molecule has 1 aromatic rings. The van der Waals surface area contributed by atoms with E-state index in [1.54, 1.807) is 0 Å². The number of anilines is 1. The molecule has 0 amide bonds. The van der Waals surface area contributed by atoms with E-state index >= 15 is 0 Å². The summed E-state index contributed by atoms with van der Waals surface area (Å²) in [4.78, 5) is 4.48. The number of aromatic nitrogens is 2. The lowest BCUT2D eigenvalue weighted by Crippen LogP contribution is -2.14. The van der Waals surface area contributed by atoms with Crippen molar-refractivity contribution in [2.75, 3.05) is 11.9 Å². The van der Waals surface area contributed by atoms with Gasteiger partial charge in [0.25, 0.3) is 0 Å².